The molecule has 9 nitrogen and oxygen atoms in total. The van der Waals surface area contributed by atoms with Crippen molar-refractivity contribution in [3.8, 4) is 0 Å². The van der Waals surface area contributed by atoms with E-state index < -0.39 is 4.92 Å². The van der Waals surface area contributed by atoms with Crippen LogP contribution in [-0.2, 0) is 9.59 Å². The van der Waals surface area contributed by atoms with Crippen molar-refractivity contribution in [1.82, 2.24) is 4.90 Å². The maximum Gasteiger partial charge on any atom is 0.270 e. The van der Waals surface area contributed by atoms with Gasteiger partial charge in [-0.15, -0.1) is 0 Å². The van der Waals surface area contributed by atoms with Crippen LogP contribution in [0.3, 0.4) is 0 Å². The molecule has 190 valence electrons. The summed E-state index contributed by atoms with van der Waals surface area (Å²) in [7, 11) is 3.93. The van der Waals surface area contributed by atoms with Gasteiger partial charge in [0, 0.05) is 54.3 Å². The molecule has 1 aliphatic heterocycles. The number of anilines is 3. The first kappa shape index (κ1) is 25.6. The topological polar surface area (TPSA) is 108 Å². The summed E-state index contributed by atoms with van der Waals surface area (Å²) < 4.78 is 0. The molecule has 0 aliphatic carbocycles. The fourth-order valence-electron chi connectivity index (χ4n) is 4.16. The van der Waals surface area contributed by atoms with Gasteiger partial charge in [-0.3, -0.25) is 19.7 Å². The van der Waals surface area contributed by atoms with Gasteiger partial charge in [0.1, 0.15) is 0 Å². The molecule has 9 heteroatoms. The van der Waals surface area contributed by atoms with Crippen LogP contribution in [0, 0.1) is 10.1 Å². The van der Waals surface area contributed by atoms with Crippen molar-refractivity contribution >= 4 is 45.8 Å². The molecule has 0 radical (unpaired) electrons. The Bertz CT molecular complexity index is 1350. The number of carbonyl (C=O) groups excluding carboxylic acids is 2. The lowest BCUT2D eigenvalue weighted by Crippen LogP contribution is -2.36. The fourth-order valence-corrected chi connectivity index (χ4v) is 4.16. The highest BCUT2D eigenvalue weighted by atomic mass is 16.6. The van der Waals surface area contributed by atoms with Crippen LogP contribution in [0.1, 0.15) is 24.5 Å². The molecule has 0 saturated carbocycles. The third-order valence-corrected chi connectivity index (χ3v) is 6.09. The zero-order valence-electron chi connectivity index (χ0n) is 21.0. The number of fused-ring (bicyclic) bond motifs is 1. The van der Waals surface area contributed by atoms with E-state index in [0.717, 1.165) is 17.8 Å². The number of rotatable bonds is 9. The Morgan fingerprint density at radius 2 is 1.70 bits per heavy atom. The lowest BCUT2D eigenvalue weighted by Gasteiger charge is -2.24. The number of nitrogens with one attached hydrogen (secondary N) is 2. The quantitative estimate of drug-likeness (QED) is 0.248. The van der Waals surface area contributed by atoms with Gasteiger partial charge in [-0.05, 0) is 50.0 Å². The lowest BCUT2D eigenvalue weighted by atomic mass is 9.99. The van der Waals surface area contributed by atoms with Crippen molar-refractivity contribution in [2.24, 2.45) is 0 Å². The van der Waals surface area contributed by atoms with Gasteiger partial charge in [-0.2, -0.15) is 0 Å². The minimum Gasteiger partial charge on any atom is -0.354 e. The Labute approximate surface area is 215 Å². The van der Waals surface area contributed by atoms with Crippen LogP contribution in [0.4, 0.5) is 22.7 Å². The van der Waals surface area contributed by atoms with Crippen LogP contribution in [0.25, 0.3) is 11.3 Å². The Balaban J connectivity index is 1.74. The van der Waals surface area contributed by atoms with Gasteiger partial charge in [0.05, 0.1) is 16.2 Å². The van der Waals surface area contributed by atoms with Crippen molar-refractivity contribution in [3.05, 3.63) is 94.0 Å². The molecule has 4 rings (SSSR count). The summed E-state index contributed by atoms with van der Waals surface area (Å²) >= 11 is 0. The molecule has 0 fully saturated rings. The maximum absolute atomic E-state index is 13.1. The average Bonchev–Trinajstić information content (AvgIpc) is 3.22. The average molecular weight is 500 g/mol. The number of hydrogen-bond acceptors (Lipinski definition) is 6. The highest BCUT2D eigenvalue weighted by Crippen LogP contribution is 2.39. The van der Waals surface area contributed by atoms with E-state index in [2.05, 4.69) is 10.6 Å². The number of non-ortho nitro benzene ring substituents is 1. The molecule has 3 aromatic carbocycles. The summed E-state index contributed by atoms with van der Waals surface area (Å²) in [5, 5.41) is 17.6. The van der Waals surface area contributed by atoms with E-state index in [9.17, 15) is 19.7 Å². The Morgan fingerprint density at radius 1 is 1.00 bits per heavy atom. The van der Waals surface area contributed by atoms with E-state index in [-0.39, 0.29) is 17.5 Å². The SMILES string of the molecule is CCC(=O)N(CCN(C)C)c1ccc(NC(=C2C(=O)Nc3ccc([N+](=O)[O-])cc32)c2ccccc2)cc1. The van der Waals surface area contributed by atoms with Gasteiger partial charge >= 0.3 is 0 Å². The normalized spacial score (nSPS) is 13.7. The molecule has 3 aromatic rings. The van der Waals surface area contributed by atoms with Crippen molar-refractivity contribution < 1.29 is 14.5 Å². The molecule has 0 aromatic heterocycles. The van der Waals surface area contributed by atoms with E-state index in [1.807, 2.05) is 80.5 Å². The van der Waals surface area contributed by atoms with Crippen molar-refractivity contribution in [2.45, 2.75) is 13.3 Å². The first-order valence-electron chi connectivity index (χ1n) is 12.0. The van der Waals surface area contributed by atoms with E-state index in [0.29, 0.717) is 41.2 Å². The summed E-state index contributed by atoms with van der Waals surface area (Å²) in [6, 6.07) is 21.1. The highest BCUT2D eigenvalue weighted by Gasteiger charge is 2.30. The Kier molecular flexibility index (Phi) is 7.64. The molecule has 0 unspecified atom stereocenters. The molecule has 0 saturated heterocycles. The van der Waals surface area contributed by atoms with E-state index in [1.165, 1.54) is 12.1 Å². The second-order valence-electron chi connectivity index (χ2n) is 8.93. The number of carbonyl (C=O) groups is 2. The van der Waals surface area contributed by atoms with E-state index >= 15 is 0 Å². The number of likely N-dealkylation sites (N-methyl/N-ethyl adjacent to an activating group) is 1. The third-order valence-electron chi connectivity index (χ3n) is 6.09. The summed E-state index contributed by atoms with van der Waals surface area (Å²) in [6.07, 6.45) is 0.401. The highest BCUT2D eigenvalue weighted by molar-refractivity contribution is 6.37. The van der Waals surface area contributed by atoms with Gasteiger partial charge in [0.2, 0.25) is 5.91 Å². The Morgan fingerprint density at radius 3 is 2.32 bits per heavy atom. The number of benzene rings is 3. The number of nitrogens with zero attached hydrogens (tertiary/aromatic N) is 3. The summed E-state index contributed by atoms with van der Waals surface area (Å²) in [5.41, 5.74) is 3.98. The van der Waals surface area contributed by atoms with Gasteiger partial charge in [0.15, 0.2) is 0 Å². The monoisotopic (exact) mass is 499 g/mol. The predicted octanol–water partition coefficient (Wildman–Crippen LogP) is 4.83. The molecule has 0 atom stereocenters. The second-order valence-corrected chi connectivity index (χ2v) is 8.93. The van der Waals surface area contributed by atoms with Crippen LogP contribution in [0.15, 0.2) is 72.8 Å². The minimum atomic E-state index is -0.477. The van der Waals surface area contributed by atoms with Crippen LogP contribution in [0.5, 0.6) is 0 Å². The second kappa shape index (κ2) is 11.0. The fraction of sp³-hybridized carbons (Fsp3) is 0.214. The van der Waals surface area contributed by atoms with Crippen LogP contribution < -0.4 is 15.5 Å². The minimum absolute atomic E-state index is 0.0375. The van der Waals surface area contributed by atoms with Crippen molar-refractivity contribution in [2.75, 3.05) is 42.7 Å². The number of nitro groups is 1. The molecule has 1 heterocycles. The summed E-state index contributed by atoms with van der Waals surface area (Å²) in [5.74, 6) is -0.308. The molecular formula is C28H29N5O4. The van der Waals surface area contributed by atoms with E-state index in [4.69, 9.17) is 0 Å². The number of hydrogen-bond donors (Lipinski definition) is 2. The maximum atomic E-state index is 13.1. The first-order chi connectivity index (χ1) is 17.8. The van der Waals surface area contributed by atoms with Gasteiger partial charge in [-0.1, -0.05) is 37.3 Å². The molecule has 0 bridgehead atoms. The smallest absolute Gasteiger partial charge is 0.270 e. The van der Waals surface area contributed by atoms with Crippen LogP contribution in [0.2, 0.25) is 0 Å². The van der Waals surface area contributed by atoms with Crippen molar-refractivity contribution in [1.29, 1.82) is 0 Å². The molecule has 0 spiro atoms. The Hall–Kier alpha value is -4.50. The molecular weight excluding hydrogens is 470 g/mol. The van der Waals surface area contributed by atoms with Gasteiger partial charge in [0.25, 0.3) is 11.6 Å². The van der Waals surface area contributed by atoms with Crippen LogP contribution in [-0.4, -0.2) is 48.8 Å². The first-order valence-corrected chi connectivity index (χ1v) is 12.0. The molecule has 37 heavy (non-hydrogen) atoms. The van der Waals surface area contributed by atoms with Gasteiger partial charge < -0.3 is 20.4 Å². The standard InChI is InChI=1S/C28H29N5O4/c1-4-25(34)32(17-16-31(2)3)21-12-10-20(11-13-21)29-27(19-8-6-5-7-9-19)26-23-18-22(33(36)37)14-15-24(23)30-28(26)35/h5-15,18,29H,4,16-17H2,1-3H3,(H,30,35). The predicted molar refractivity (Wildman–Crippen MR) is 146 cm³/mol. The summed E-state index contributed by atoms with van der Waals surface area (Å²) in [4.78, 5) is 40.3. The zero-order chi connectivity index (χ0) is 26.5. The van der Waals surface area contributed by atoms with Gasteiger partial charge in [-0.25, -0.2) is 0 Å². The lowest BCUT2D eigenvalue weighted by molar-refractivity contribution is -0.384. The number of amides is 2. The summed E-state index contributed by atoms with van der Waals surface area (Å²) in [6.45, 7) is 3.15. The molecule has 1 aliphatic rings. The van der Waals surface area contributed by atoms with Crippen molar-refractivity contribution in [3.63, 3.8) is 0 Å². The van der Waals surface area contributed by atoms with Crippen LogP contribution >= 0.6 is 0 Å². The number of nitro benzene ring substituents is 1. The molecule has 2 N–H and O–H groups in total. The zero-order valence-corrected chi connectivity index (χ0v) is 21.0. The third kappa shape index (κ3) is 5.68. The van der Waals surface area contributed by atoms with E-state index in [1.54, 1.807) is 11.0 Å². The molecule has 2 amide bonds. The largest absolute Gasteiger partial charge is 0.354 e.